The quantitative estimate of drug-likeness (QED) is 0.581. The smallest absolute Gasteiger partial charge is 0.327 e. The summed E-state index contributed by atoms with van der Waals surface area (Å²) in [6.45, 7) is 4.87. The van der Waals surface area contributed by atoms with E-state index >= 15 is 0 Å². The number of thioether (sulfide) groups is 1. The van der Waals surface area contributed by atoms with Crippen LogP contribution >= 0.6 is 23.4 Å². The number of carbonyl (C=O) groups excluding carboxylic acids is 2. The molecule has 0 aliphatic carbocycles. The molecule has 0 saturated carbocycles. The van der Waals surface area contributed by atoms with Gasteiger partial charge in [-0.15, -0.1) is 11.8 Å². The predicted molar refractivity (Wildman–Crippen MR) is 108 cm³/mol. The lowest BCUT2D eigenvalue weighted by Gasteiger charge is -2.43. The molecule has 9 nitrogen and oxygen atoms in total. The number of amides is 2. The highest BCUT2D eigenvalue weighted by Gasteiger charge is 2.64. The lowest BCUT2D eigenvalue weighted by molar-refractivity contribution is -0.159. The summed E-state index contributed by atoms with van der Waals surface area (Å²) in [5.74, 6) is -4.11. The molecule has 0 radical (unpaired) electrons. The number of β-lactam (4-membered cyclic amide) rings is 1. The van der Waals surface area contributed by atoms with E-state index in [2.05, 4.69) is 10.5 Å². The number of hydrogen-bond acceptors (Lipinski definition) is 7. The number of phenolic OH excluding ortho intramolecular Hbond substituents is 1. The van der Waals surface area contributed by atoms with Crippen molar-refractivity contribution in [3.63, 3.8) is 0 Å². The first-order chi connectivity index (χ1) is 14.5. The SMILES string of the molecule is Cc1onc(-c2c(Cl)ccc(O)c2F)c1C(=O)N[C@@H]1C(=O)N2[C@@H]1SC(C)(C)[C@@H]2C(=O)O. The van der Waals surface area contributed by atoms with Crippen molar-refractivity contribution in [2.75, 3.05) is 0 Å². The minimum Gasteiger partial charge on any atom is -0.505 e. The third kappa shape index (κ3) is 3.14. The largest absolute Gasteiger partial charge is 0.505 e. The van der Waals surface area contributed by atoms with Crippen LogP contribution in [-0.2, 0) is 9.59 Å². The summed E-state index contributed by atoms with van der Waals surface area (Å²) in [7, 11) is 0. The summed E-state index contributed by atoms with van der Waals surface area (Å²) >= 11 is 7.33. The number of carbonyl (C=O) groups is 3. The summed E-state index contributed by atoms with van der Waals surface area (Å²) in [4.78, 5) is 38.5. The van der Waals surface area contributed by atoms with Gasteiger partial charge < -0.3 is 25.0 Å². The van der Waals surface area contributed by atoms with Gasteiger partial charge in [0.15, 0.2) is 11.6 Å². The Kier molecular flexibility index (Phi) is 4.93. The molecule has 3 N–H and O–H groups in total. The van der Waals surface area contributed by atoms with Gasteiger partial charge in [0.2, 0.25) is 5.91 Å². The first kappa shape index (κ1) is 21.4. The highest BCUT2D eigenvalue weighted by atomic mass is 35.5. The lowest BCUT2D eigenvalue weighted by atomic mass is 9.95. The van der Waals surface area contributed by atoms with Crippen LogP contribution in [0.5, 0.6) is 5.75 Å². The van der Waals surface area contributed by atoms with E-state index in [-0.39, 0.29) is 27.6 Å². The van der Waals surface area contributed by atoms with Crippen molar-refractivity contribution in [1.82, 2.24) is 15.4 Å². The average molecular weight is 470 g/mol. The Morgan fingerprint density at radius 1 is 1.39 bits per heavy atom. The average Bonchev–Trinajstić information content (AvgIpc) is 3.18. The molecule has 2 aliphatic rings. The van der Waals surface area contributed by atoms with E-state index in [1.54, 1.807) is 13.8 Å². The van der Waals surface area contributed by atoms with Crippen molar-refractivity contribution in [2.24, 2.45) is 0 Å². The number of rotatable bonds is 4. The second-order valence-corrected chi connectivity index (χ2v) is 9.95. The van der Waals surface area contributed by atoms with Gasteiger partial charge in [0.05, 0.1) is 10.6 Å². The maximum absolute atomic E-state index is 14.5. The molecule has 3 atom stereocenters. The summed E-state index contributed by atoms with van der Waals surface area (Å²) in [6, 6.07) is 0.328. The molecule has 12 heteroatoms. The molecule has 1 aromatic heterocycles. The molecule has 0 unspecified atom stereocenters. The van der Waals surface area contributed by atoms with E-state index in [1.165, 1.54) is 29.7 Å². The van der Waals surface area contributed by atoms with Crippen molar-refractivity contribution >= 4 is 41.1 Å². The number of aliphatic carboxylic acids is 1. The zero-order chi connectivity index (χ0) is 22.8. The Labute approximate surface area is 184 Å². The number of carboxylic acids is 1. The van der Waals surface area contributed by atoms with E-state index in [0.29, 0.717) is 0 Å². The highest BCUT2D eigenvalue weighted by molar-refractivity contribution is 8.01. The molecule has 164 valence electrons. The number of aryl methyl sites for hydroxylation is 1. The Balaban J connectivity index is 1.64. The summed E-state index contributed by atoms with van der Waals surface area (Å²) in [6.07, 6.45) is 0. The molecule has 0 bridgehead atoms. The Morgan fingerprint density at radius 3 is 2.71 bits per heavy atom. The molecule has 31 heavy (non-hydrogen) atoms. The fourth-order valence-electron chi connectivity index (χ4n) is 3.93. The predicted octanol–water partition coefficient (Wildman–Crippen LogP) is 2.39. The van der Waals surface area contributed by atoms with Crippen molar-refractivity contribution in [3.8, 4) is 17.0 Å². The van der Waals surface area contributed by atoms with E-state index in [4.69, 9.17) is 16.1 Å². The zero-order valence-corrected chi connectivity index (χ0v) is 18.0. The van der Waals surface area contributed by atoms with Gasteiger partial charge in [-0.3, -0.25) is 9.59 Å². The van der Waals surface area contributed by atoms with Crippen LogP contribution < -0.4 is 5.32 Å². The van der Waals surface area contributed by atoms with E-state index in [0.717, 1.165) is 6.07 Å². The van der Waals surface area contributed by atoms with E-state index < -0.39 is 51.6 Å². The monoisotopic (exact) mass is 469 g/mol. The Bertz CT molecular complexity index is 1140. The maximum atomic E-state index is 14.5. The topological polar surface area (TPSA) is 133 Å². The van der Waals surface area contributed by atoms with Gasteiger partial charge in [-0.25, -0.2) is 9.18 Å². The van der Waals surface area contributed by atoms with Crippen molar-refractivity contribution in [3.05, 3.63) is 34.3 Å². The Hall–Kier alpha value is -2.79. The molecule has 2 saturated heterocycles. The van der Waals surface area contributed by atoms with Gasteiger partial charge in [0, 0.05) is 4.75 Å². The maximum Gasteiger partial charge on any atom is 0.327 e. The number of nitrogens with one attached hydrogen (secondary N) is 1. The Morgan fingerprint density at radius 2 is 2.06 bits per heavy atom. The second kappa shape index (κ2) is 7.13. The minimum absolute atomic E-state index is 0.0535. The number of aromatic hydroxyl groups is 1. The van der Waals surface area contributed by atoms with Crippen LogP contribution in [0.3, 0.4) is 0 Å². The normalized spacial score (nSPS) is 24.0. The molecular formula is C19H17ClFN3O6S. The molecule has 1 aromatic carbocycles. The van der Waals surface area contributed by atoms with Gasteiger partial charge >= 0.3 is 5.97 Å². The van der Waals surface area contributed by atoms with Crippen LogP contribution in [-0.4, -0.2) is 60.3 Å². The van der Waals surface area contributed by atoms with Crippen LogP contribution in [0.4, 0.5) is 4.39 Å². The molecule has 0 spiro atoms. The summed E-state index contributed by atoms with van der Waals surface area (Å²) in [5.41, 5.74) is -0.679. The third-order valence-corrected chi connectivity index (χ3v) is 7.25. The standard InChI is InChI=1S/C19H17ClFN3O6S/c1-6-9(12(23-30-6)10-7(20)4-5-8(25)11(10)21)15(26)22-13-16(27)24-14(18(28)29)19(2,3)31-17(13)24/h4-5,13-14,17,25H,1-3H3,(H,22,26)(H,28,29)/t13-,14+,17-/m1/s1. The fourth-order valence-corrected chi connectivity index (χ4v) is 5.79. The van der Waals surface area contributed by atoms with Gasteiger partial charge in [-0.1, -0.05) is 16.8 Å². The summed E-state index contributed by atoms with van der Waals surface area (Å²) < 4.78 is 18.8. The number of nitrogens with zero attached hydrogens (tertiary/aromatic N) is 2. The number of fused-ring (bicyclic) bond motifs is 1. The number of benzene rings is 1. The van der Waals surface area contributed by atoms with E-state index in [1.807, 2.05) is 0 Å². The highest BCUT2D eigenvalue weighted by Crippen LogP contribution is 2.51. The van der Waals surface area contributed by atoms with Crippen molar-refractivity contribution in [2.45, 2.75) is 43.0 Å². The van der Waals surface area contributed by atoms with Crippen LogP contribution in [0.25, 0.3) is 11.3 Å². The van der Waals surface area contributed by atoms with Crippen LogP contribution in [0, 0.1) is 12.7 Å². The van der Waals surface area contributed by atoms with Crippen LogP contribution in [0.15, 0.2) is 16.7 Å². The van der Waals surface area contributed by atoms with E-state index in [9.17, 15) is 29.0 Å². The second-order valence-electron chi connectivity index (χ2n) is 7.77. The minimum atomic E-state index is -1.12. The molecule has 2 fully saturated rings. The first-order valence-corrected chi connectivity index (χ1v) is 10.4. The zero-order valence-electron chi connectivity index (χ0n) is 16.5. The van der Waals surface area contributed by atoms with Gasteiger partial charge in [0.1, 0.15) is 34.5 Å². The first-order valence-electron chi connectivity index (χ1n) is 9.13. The number of aromatic nitrogens is 1. The molecule has 2 aliphatic heterocycles. The molecule has 2 aromatic rings. The third-order valence-electron chi connectivity index (χ3n) is 5.36. The van der Waals surface area contributed by atoms with Crippen LogP contribution in [0.1, 0.15) is 30.0 Å². The van der Waals surface area contributed by atoms with Crippen LogP contribution in [0.2, 0.25) is 5.02 Å². The van der Waals surface area contributed by atoms with Crippen molar-refractivity contribution < 1.29 is 33.5 Å². The molecular weight excluding hydrogens is 453 g/mol. The van der Waals surface area contributed by atoms with Gasteiger partial charge in [-0.05, 0) is 32.9 Å². The van der Waals surface area contributed by atoms with Gasteiger partial charge in [0.25, 0.3) is 5.91 Å². The van der Waals surface area contributed by atoms with Crippen molar-refractivity contribution in [1.29, 1.82) is 0 Å². The molecule has 4 rings (SSSR count). The molecule has 3 heterocycles. The lowest BCUT2D eigenvalue weighted by Crippen LogP contribution is -2.70. The van der Waals surface area contributed by atoms with Gasteiger partial charge in [-0.2, -0.15) is 0 Å². The number of hydrogen-bond donors (Lipinski definition) is 3. The number of halogens is 2. The summed E-state index contributed by atoms with van der Waals surface area (Å²) in [5, 5.41) is 24.8. The fraction of sp³-hybridized carbons (Fsp3) is 0.368. The number of phenols is 1. The number of carboxylic acid groups (broad SMARTS) is 1. The molecule has 2 amide bonds.